The summed E-state index contributed by atoms with van der Waals surface area (Å²) in [5.74, 6) is -0.682. The van der Waals surface area contributed by atoms with Crippen molar-refractivity contribution in [1.29, 1.82) is 0 Å². The first-order chi connectivity index (χ1) is 18.2. The van der Waals surface area contributed by atoms with Gasteiger partial charge in [-0.2, -0.15) is 0 Å². The van der Waals surface area contributed by atoms with Gasteiger partial charge in [-0.25, -0.2) is 8.42 Å². The Morgan fingerprint density at radius 2 is 1.53 bits per heavy atom. The summed E-state index contributed by atoms with van der Waals surface area (Å²) in [7, 11) is -4.06. The van der Waals surface area contributed by atoms with Crippen molar-refractivity contribution in [3.8, 4) is 0 Å². The van der Waals surface area contributed by atoms with Crippen molar-refractivity contribution >= 4 is 27.5 Å². The minimum absolute atomic E-state index is 0.0966. The molecule has 0 aliphatic rings. The number of amides is 2. The highest BCUT2D eigenvalue weighted by molar-refractivity contribution is 7.92. The van der Waals surface area contributed by atoms with Gasteiger partial charge in [-0.1, -0.05) is 73.2 Å². The zero-order valence-electron chi connectivity index (χ0n) is 22.6. The zero-order valence-corrected chi connectivity index (χ0v) is 23.4. The van der Waals surface area contributed by atoms with Crippen molar-refractivity contribution in [3.63, 3.8) is 0 Å². The predicted octanol–water partition coefficient (Wildman–Crippen LogP) is 4.48. The predicted molar refractivity (Wildman–Crippen MR) is 152 cm³/mol. The molecule has 0 radical (unpaired) electrons. The molecule has 3 aromatic rings. The molecule has 0 fully saturated rings. The topological polar surface area (TPSA) is 86.8 Å². The summed E-state index contributed by atoms with van der Waals surface area (Å²) < 4.78 is 28.9. The molecule has 0 saturated carbocycles. The molecule has 0 aliphatic carbocycles. The van der Waals surface area contributed by atoms with Crippen LogP contribution in [-0.4, -0.2) is 50.8 Å². The molecule has 1 N–H and O–H groups in total. The van der Waals surface area contributed by atoms with Gasteiger partial charge in [0.2, 0.25) is 11.8 Å². The summed E-state index contributed by atoms with van der Waals surface area (Å²) in [6.07, 6.45) is 0.943. The maximum Gasteiger partial charge on any atom is 0.264 e. The highest BCUT2D eigenvalue weighted by Gasteiger charge is 2.33. The van der Waals surface area contributed by atoms with Gasteiger partial charge in [0.25, 0.3) is 10.0 Å². The molecule has 7 nitrogen and oxygen atoms in total. The molecule has 3 aromatic carbocycles. The second-order valence-corrected chi connectivity index (χ2v) is 11.1. The number of rotatable bonds is 12. The lowest BCUT2D eigenvalue weighted by Gasteiger charge is -2.33. The Balaban J connectivity index is 2.02. The molecule has 0 heterocycles. The van der Waals surface area contributed by atoms with E-state index in [4.69, 9.17) is 0 Å². The summed E-state index contributed by atoms with van der Waals surface area (Å²) in [6, 6.07) is 22.6. The van der Waals surface area contributed by atoms with Crippen molar-refractivity contribution in [1.82, 2.24) is 10.2 Å². The van der Waals surface area contributed by atoms with Crippen LogP contribution in [0.15, 0.2) is 83.8 Å². The average molecular weight is 536 g/mol. The molecule has 0 aliphatic heterocycles. The van der Waals surface area contributed by atoms with E-state index in [-0.39, 0.29) is 17.3 Å². The maximum atomic E-state index is 14.0. The number of hydrogen-bond acceptors (Lipinski definition) is 4. The molecule has 0 spiro atoms. The molecule has 0 bridgehead atoms. The Morgan fingerprint density at radius 1 is 0.895 bits per heavy atom. The van der Waals surface area contributed by atoms with Crippen LogP contribution in [0.5, 0.6) is 0 Å². The summed E-state index contributed by atoms with van der Waals surface area (Å²) in [5, 5.41) is 2.82. The van der Waals surface area contributed by atoms with E-state index in [0.29, 0.717) is 25.1 Å². The summed E-state index contributed by atoms with van der Waals surface area (Å²) in [4.78, 5) is 28.5. The number of likely N-dealkylation sites (N-methyl/N-ethyl adjacent to an activating group) is 1. The average Bonchev–Trinajstić information content (AvgIpc) is 2.91. The first kappa shape index (κ1) is 28.9. The third kappa shape index (κ3) is 7.01. The van der Waals surface area contributed by atoms with Crippen LogP contribution >= 0.6 is 0 Å². The Bertz CT molecular complexity index is 1330. The van der Waals surface area contributed by atoms with Crippen molar-refractivity contribution in [2.45, 2.75) is 51.5 Å². The molecule has 0 saturated heterocycles. The van der Waals surface area contributed by atoms with Gasteiger partial charge in [0.1, 0.15) is 12.6 Å². The minimum Gasteiger partial charge on any atom is -0.355 e. The SMILES string of the molecule is CCNC(=O)C(CC)N(CCc1ccccc1)C(=O)CN(c1ccc(C)cc1C)S(=O)(=O)c1ccccc1. The van der Waals surface area contributed by atoms with Gasteiger partial charge < -0.3 is 10.2 Å². The fourth-order valence-electron chi connectivity index (χ4n) is 4.51. The van der Waals surface area contributed by atoms with Gasteiger partial charge in [0, 0.05) is 13.1 Å². The third-order valence-corrected chi connectivity index (χ3v) is 8.23. The number of benzene rings is 3. The van der Waals surface area contributed by atoms with Crippen LogP contribution in [0.25, 0.3) is 0 Å². The van der Waals surface area contributed by atoms with E-state index >= 15 is 0 Å². The minimum atomic E-state index is -4.06. The van der Waals surface area contributed by atoms with Crippen molar-refractivity contribution in [2.24, 2.45) is 0 Å². The van der Waals surface area contributed by atoms with Crippen LogP contribution in [0.4, 0.5) is 5.69 Å². The molecule has 0 aromatic heterocycles. The maximum absolute atomic E-state index is 14.0. The fraction of sp³-hybridized carbons (Fsp3) is 0.333. The van der Waals surface area contributed by atoms with Crippen LogP contribution in [-0.2, 0) is 26.0 Å². The molecule has 1 unspecified atom stereocenters. The first-order valence-corrected chi connectivity index (χ1v) is 14.4. The number of anilines is 1. The van der Waals surface area contributed by atoms with Gasteiger partial charge in [0.05, 0.1) is 10.6 Å². The van der Waals surface area contributed by atoms with E-state index in [2.05, 4.69) is 5.32 Å². The molecule has 202 valence electrons. The highest BCUT2D eigenvalue weighted by Crippen LogP contribution is 2.28. The van der Waals surface area contributed by atoms with Crippen molar-refractivity contribution in [2.75, 3.05) is 23.9 Å². The van der Waals surface area contributed by atoms with E-state index < -0.39 is 28.5 Å². The highest BCUT2D eigenvalue weighted by atomic mass is 32.2. The number of sulfonamides is 1. The van der Waals surface area contributed by atoms with E-state index in [1.54, 1.807) is 24.3 Å². The molecule has 2 amide bonds. The van der Waals surface area contributed by atoms with Gasteiger partial charge in [0.15, 0.2) is 0 Å². The number of nitrogens with one attached hydrogen (secondary N) is 1. The second-order valence-electron chi connectivity index (χ2n) is 9.26. The smallest absolute Gasteiger partial charge is 0.264 e. The second kappa shape index (κ2) is 13.2. The number of hydrogen-bond donors (Lipinski definition) is 1. The zero-order chi connectivity index (χ0) is 27.7. The summed E-state index contributed by atoms with van der Waals surface area (Å²) >= 11 is 0. The first-order valence-electron chi connectivity index (χ1n) is 12.9. The lowest BCUT2D eigenvalue weighted by atomic mass is 10.1. The summed E-state index contributed by atoms with van der Waals surface area (Å²) in [5.41, 5.74) is 3.19. The van der Waals surface area contributed by atoms with Crippen LogP contribution < -0.4 is 9.62 Å². The molecule has 1 atom stereocenters. The van der Waals surface area contributed by atoms with E-state index in [9.17, 15) is 18.0 Å². The number of carbonyl (C=O) groups is 2. The number of nitrogens with zero attached hydrogens (tertiary/aromatic N) is 2. The summed E-state index contributed by atoms with van der Waals surface area (Å²) in [6.45, 7) is 7.74. The Hall–Kier alpha value is -3.65. The van der Waals surface area contributed by atoms with Gasteiger partial charge >= 0.3 is 0 Å². The van der Waals surface area contributed by atoms with Crippen LogP contribution in [0.1, 0.15) is 37.0 Å². The monoisotopic (exact) mass is 535 g/mol. The number of aryl methyl sites for hydroxylation is 2. The standard InChI is InChI=1S/C30H37N3O4S/c1-5-27(30(35)31-6-2)32(20-19-25-13-9-7-10-14-25)29(34)22-33(28-18-17-23(3)21-24(28)4)38(36,37)26-15-11-8-12-16-26/h7-18,21,27H,5-6,19-20,22H2,1-4H3,(H,31,35). The number of carbonyl (C=O) groups excluding carboxylic acids is 2. The van der Waals surface area contributed by atoms with Crippen molar-refractivity contribution < 1.29 is 18.0 Å². The van der Waals surface area contributed by atoms with Crippen LogP contribution in [0.2, 0.25) is 0 Å². The Labute approximate surface area is 226 Å². The molecular weight excluding hydrogens is 498 g/mol. The quantitative estimate of drug-likeness (QED) is 0.370. The lowest BCUT2D eigenvalue weighted by molar-refractivity contribution is -0.139. The van der Waals surface area contributed by atoms with E-state index in [1.165, 1.54) is 21.3 Å². The molecule has 38 heavy (non-hydrogen) atoms. The molecule has 3 rings (SSSR count). The Morgan fingerprint density at radius 3 is 2.11 bits per heavy atom. The largest absolute Gasteiger partial charge is 0.355 e. The van der Waals surface area contributed by atoms with Gasteiger partial charge in [-0.05, 0) is 62.9 Å². The fourth-order valence-corrected chi connectivity index (χ4v) is 6.01. The molecular formula is C30H37N3O4S. The van der Waals surface area contributed by atoms with Crippen molar-refractivity contribution in [3.05, 3.63) is 95.6 Å². The Kier molecular flexibility index (Phi) is 10.1. The van der Waals surface area contributed by atoms with Gasteiger partial charge in [-0.15, -0.1) is 0 Å². The van der Waals surface area contributed by atoms with E-state index in [0.717, 1.165) is 16.7 Å². The molecule has 8 heteroatoms. The van der Waals surface area contributed by atoms with Crippen LogP contribution in [0.3, 0.4) is 0 Å². The van der Waals surface area contributed by atoms with E-state index in [1.807, 2.05) is 70.2 Å². The van der Waals surface area contributed by atoms with Crippen LogP contribution in [0, 0.1) is 13.8 Å². The normalized spacial score (nSPS) is 12.0. The lowest BCUT2D eigenvalue weighted by Crippen LogP contribution is -2.53. The van der Waals surface area contributed by atoms with Gasteiger partial charge in [-0.3, -0.25) is 13.9 Å². The third-order valence-electron chi connectivity index (χ3n) is 6.45.